The summed E-state index contributed by atoms with van der Waals surface area (Å²) in [5, 5.41) is 6.49. The summed E-state index contributed by atoms with van der Waals surface area (Å²) in [5.41, 5.74) is 0.0173. The molecule has 2 atom stereocenters. The lowest BCUT2D eigenvalue weighted by molar-refractivity contribution is -0.271. The van der Waals surface area contributed by atoms with E-state index in [0.29, 0.717) is 0 Å². The molecule has 1 saturated heterocycles. The fourth-order valence-corrected chi connectivity index (χ4v) is 3.36. The van der Waals surface area contributed by atoms with Crippen molar-refractivity contribution >= 4 is 52.5 Å². The predicted molar refractivity (Wildman–Crippen MR) is 99.0 cm³/mol. The number of nitrogens with zero attached hydrogens (tertiary/aromatic N) is 1. The van der Waals surface area contributed by atoms with Gasteiger partial charge in [-0.25, -0.2) is 14.1 Å². The number of ether oxygens (including phenoxy) is 2. The molecule has 1 fully saturated rings. The number of nitrogens with one attached hydrogen (secondary N) is 1. The molecule has 0 bridgehead atoms. The summed E-state index contributed by atoms with van der Waals surface area (Å²) in [7, 11) is 2.40. The lowest BCUT2D eigenvalue weighted by atomic mass is 9.90. The number of rotatable bonds is 5. The third-order valence-corrected chi connectivity index (χ3v) is 5.08. The molecule has 1 heterocycles. The second-order valence-corrected chi connectivity index (χ2v) is 7.47. The highest BCUT2D eigenvalue weighted by atomic mass is 35.5. The van der Waals surface area contributed by atoms with E-state index in [-0.39, 0.29) is 28.5 Å². The van der Waals surface area contributed by atoms with Gasteiger partial charge in [-0.3, -0.25) is 10.1 Å². The molecule has 12 heteroatoms. The van der Waals surface area contributed by atoms with Crippen LogP contribution in [-0.4, -0.2) is 42.2 Å². The zero-order chi connectivity index (χ0) is 21.1. The van der Waals surface area contributed by atoms with E-state index in [0.717, 1.165) is 14.0 Å². The Morgan fingerprint density at radius 2 is 2.00 bits per heavy atom. The molecule has 1 aliphatic rings. The first kappa shape index (κ1) is 22.5. The number of benzene rings is 1. The second kappa shape index (κ2) is 9.13. The summed E-state index contributed by atoms with van der Waals surface area (Å²) in [6.07, 6.45) is -0.0938. The number of methoxy groups -OCH3 is 2. The predicted octanol–water partition coefficient (Wildman–Crippen LogP) is 3.09. The van der Waals surface area contributed by atoms with E-state index >= 15 is 0 Å². The maximum absolute atomic E-state index is 14.8. The van der Waals surface area contributed by atoms with Gasteiger partial charge in [-0.05, 0) is 11.2 Å². The first-order chi connectivity index (χ1) is 13.1. The van der Waals surface area contributed by atoms with Crippen molar-refractivity contribution in [2.45, 2.75) is 29.8 Å². The molecule has 0 aromatic heterocycles. The zero-order valence-corrected chi connectivity index (χ0v) is 17.2. The van der Waals surface area contributed by atoms with Gasteiger partial charge in [-0.15, -0.1) is 0 Å². The van der Waals surface area contributed by atoms with Crippen molar-refractivity contribution in [3.63, 3.8) is 0 Å². The van der Waals surface area contributed by atoms with Gasteiger partial charge in [0.05, 0.1) is 19.2 Å². The second-order valence-electron chi connectivity index (χ2n) is 5.67. The molecule has 0 radical (unpaired) electrons. The number of carbonyl (C=O) groups is 2. The topological polar surface area (TPSA) is 95.5 Å². The van der Waals surface area contributed by atoms with E-state index in [1.807, 2.05) is 0 Å². The van der Waals surface area contributed by atoms with Crippen molar-refractivity contribution in [3.05, 3.63) is 28.5 Å². The summed E-state index contributed by atoms with van der Waals surface area (Å²) in [6, 6.07) is 0.677. The Hall–Kier alpha value is -1.81. The highest BCUT2D eigenvalue weighted by Crippen LogP contribution is 2.41. The number of esters is 1. The molecule has 1 aromatic carbocycles. The van der Waals surface area contributed by atoms with Crippen LogP contribution in [-0.2, 0) is 24.2 Å². The molecule has 1 aromatic rings. The van der Waals surface area contributed by atoms with Gasteiger partial charge >= 0.3 is 11.9 Å². The summed E-state index contributed by atoms with van der Waals surface area (Å²) < 4.78 is 22.6. The average molecular weight is 458 g/mol. The molecule has 0 amide bonds. The fraction of sp³-hybridized carbons (Fsp3) is 0.438. The Kier molecular flexibility index (Phi) is 7.33. The van der Waals surface area contributed by atoms with Crippen LogP contribution in [0.5, 0.6) is 5.75 Å². The van der Waals surface area contributed by atoms with Crippen molar-refractivity contribution in [2.24, 2.45) is 5.16 Å². The molecule has 2 unspecified atom stereocenters. The average Bonchev–Trinajstić information content (AvgIpc) is 2.62. The molecule has 0 saturated carbocycles. The van der Waals surface area contributed by atoms with Crippen molar-refractivity contribution < 1.29 is 33.3 Å². The lowest BCUT2D eigenvalue weighted by Gasteiger charge is -2.38. The molecule has 28 heavy (non-hydrogen) atoms. The van der Waals surface area contributed by atoms with Crippen molar-refractivity contribution in [3.8, 4) is 5.75 Å². The van der Waals surface area contributed by atoms with Crippen molar-refractivity contribution in [1.29, 1.82) is 0 Å². The van der Waals surface area contributed by atoms with Crippen LogP contribution in [0.4, 0.5) is 4.39 Å². The minimum absolute atomic E-state index is 0.0696. The van der Waals surface area contributed by atoms with Gasteiger partial charge in [-0.1, -0.05) is 40.9 Å². The quantitative estimate of drug-likeness (QED) is 0.314. The number of carbonyl (C=O) groups excluding carboxylic acids is 2. The minimum atomic E-state index is -1.92. The van der Waals surface area contributed by atoms with Gasteiger partial charge in [-0.2, -0.15) is 4.99 Å². The SMILES string of the molecule is COC(=O)C1NC(c2ccc(Cl)c(OC)c2F)C/C(=N/OOC(C)=O)C1(Cl)Cl. The van der Waals surface area contributed by atoms with Crippen LogP contribution in [0, 0.1) is 5.82 Å². The first-order valence-electron chi connectivity index (χ1n) is 7.78. The van der Waals surface area contributed by atoms with E-state index < -0.39 is 34.2 Å². The molecule has 154 valence electrons. The maximum atomic E-state index is 14.8. The van der Waals surface area contributed by atoms with Crippen LogP contribution in [0.1, 0.15) is 24.9 Å². The Morgan fingerprint density at radius 1 is 1.32 bits per heavy atom. The molecule has 0 aliphatic carbocycles. The Morgan fingerprint density at radius 3 is 2.57 bits per heavy atom. The lowest BCUT2D eigenvalue weighted by Crippen LogP contribution is -2.59. The number of hydrogen-bond acceptors (Lipinski definition) is 8. The van der Waals surface area contributed by atoms with Crippen molar-refractivity contribution in [2.75, 3.05) is 14.2 Å². The number of alkyl halides is 2. The highest BCUT2D eigenvalue weighted by molar-refractivity contribution is 6.60. The molecule has 1 aliphatic heterocycles. The van der Waals surface area contributed by atoms with E-state index in [1.165, 1.54) is 19.2 Å². The first-order valence-corrected chi connectivity index (χ1v) is 8.92. The van der Waals surface area contributed by atoms with E-state index in [2.05, 4.69) is 20.3 Å². The summed E-state index contributed by atoms with van der Waals surface area (Å²) in [6.45, 7) is 1.09. The van der Waals surface area contributed by atoms with Crippen LogP contribution >= 0.6 is 34.8 Å². The van der Waals surface area contributed by atoms with Crippen LogP contribution in [0.2, 0.25) is 5.02 Å². The van der Waals surface area contributed by atoms with E-state index in [1.54, 1.807) is 0 Å². The number of piperidine rings is 1. The molecular formula is C16H16Cl3FN2O6. The monoisotopic (exact) mass is 456 g/mol. The summed E-state index contributed by atoms with van der Waals surface area (Å²) in [5.74, 6) is -2.51. The largest absolute Gasteiger partial charge is 0.492 e. The third-order valence-electron chi connectivity index (χ3n) is 3.91. The van der Waals surface area contributed by atoms with Crippen LogP contribution in [0.3, 0.4) is 0 Å². The van der Waals surface area contributed by atoms with E-state index in [4.69, 9.17) is 44.3 Å². The Bertz CT molecular complexity index is 805. The van der Waals surface area contributed by atoms with Gasteiger partial charge in [0.25, 0.3) is 0 Å². The summed E-state index contributed by atoms with van der Waals surface area (Å²) >= 11 is 18.5. The molecular weight excluding hydrogens is 442 g/mol. The van der Waals surface area contributed by atoms with Gasteiger partial charge in [0.2, 0.25) is 0 Å². The summed E-state index contributed by atoms with van der Waals surface area (Å²) in [4.78, 5) is 31.8. The number of oxime groups is 1. The van der Waals surface area contributed by atoms with Crippen LogP contribution < -0.4 is 10.1 Å². The molecule has 0 spiro atoms. The van der Waals surface area contributed by atoms with Crippen LogP contribution in [0.25, 0.3) is 0 Å². The van der Waals surface area contributed by atoms with Gasteiger partial charge in [0, 0.05) is 24.9 Å². The molecule has 1 N–H and O–H groups in total. The van der Waals surface area contributed by atoms with Crippen LogP contribution in [0.15, 0.2) is 17.3 Å². The van der Waals surface area contributed by atoms with Gasteiger partial charge in [0.1, 0.15) is 11.8 Å². The molecule has 2 rings (SSSR count). The third kappa shape index (κ3) is 4.60. The normalized spacial score (nSPS) is 22.5. The minimum Gasteiger partial charge on any atom is -0.492 e. The number of hydrogen-bond donors (Lipinski definition) is 1. The highest BCUT2D eigenvalue weighted by Gasteiger charge is 2.51. The van der Waals surface area contributed by atoms with Gasteiger partial charge < -0.3 is 9.47 Å². The zero-order valence-electron chi connectivity index (χ0n) is 14.9. The smallest absolute Gasteiger partial charge is 0.354 e. The number of halogens is 4. The molecule has 8 nitrogen and oxygen atoms in total. The fourth-order valence-electron chi connectivity index (χ4n) is 2.61. The van der Waals surface area contributed by atoms with Crippen molar-refractivity contribution in [1.82, 2.24) is 5.32 Å². The van der Waals surface area contributed by atoms with Gasteiger partial charge in [0.15, 0.2) is 15.9 Å². The maximum Gasteiger partial charge on any atom is 0.354 e. The van der Waals surface area contributed by atoms with E-state index in [9.17, 15) is 14.0 Å². The Labute approximate surface area is 174 Å². The Balaban J connectivity index is 2.46. The standard InChI is InChI=1S/C16H16Cl3FN2O6/c1-7(23)27-28-22-11-6-10(21-14(15(24)26-3)16(11,18)19)8-4-5-9(17)13(25-2)12(8)20/h4-5,10,14,21H,6H2,1-3H3/b22-11-.